The Morgan fingerprint density at radius 3 is 2.88 bits per heavy atom. The van der Waals surface area contributed by atoms with Gasteiger partial charge in [0.25, 0.3) is 0 Å². The van der Waals surface area contributed by atoms with Gasteiger partial charge in [-0.3, -0.25) is 4.99 Å². The van der Waals surface area contributed by atoms with Crippen LogP contribution in [0, 0.1) is 0 Å². The van der Waals surface area contributed by atoms with Crippen LogP contribution in [0.5, 0.6) is 0 Å². The maximum Gasteiger partial charge on any atom is 0.0581 e. The maximum absolute atomic E-state index is 5.74. The Morgan fingerprint density at radius 1 is 1.88 bits per heavy atom. The monoisotopic (exact) mass is 130 g/mol. The molecule has 0 saturated heterocycles. The minimum absolute atomic E-state index is 0.0561. The number of thioether (sulfide) groups is 1. The van der Waals surface area contributed by atoms with Crippen LogP contribution in [-0.2, 0) is 0 Å². The van der Waals surface area contributed by atoms with Crippen LogP contribution in [0.1, 0.15) is 6.92 Å². The van der Waals surface area contributed by atoms with E-state index >= 15 is 0 Å². The number of nitrogens with zero attached hydrogens (tertiary/aromatic N) is 1. The molecule has 1 rings (SSSR count). The third-order valence-corrected chi connectivity index (χ3v) is 2.14. The van der Waals surface area contributed by atoms with Crippen LogP contribution in [0.2, 0.25) is 0 Å². The molecule has 0 aromatic rings. The summed E-state index contributed by atoms with van der Waals surface area (Å²) < 4.78 is 0. The summed E-state index contributed by atoms with van der Waals surface area (Å²) in [5, 5.41) is 0. The van der Waals surface area contributed by atoms with Crippen molar-refractivity contribution in [3.05, 3.63) is 0 Å². The number of nitrogens with two attached hydrogens (primary N) is 1. The summed E-state index contributed by atoms with van der Waals surface area (Å²) >= 11 is 1.69. The highest BCUT2D eigenvalue weighted by atomic mass is 32.2. The van der Waals surface area contributed by atoms with E-state index in [0.29, 0.717) is 0 Å². The van der Waals surface area contributed by atoms with E-state index in [-0.39, 0.29) is 5.54 Å². The SMILES string of the molecule is CC1(N)CN=CSC1. The van der Waals surface area contributed by atoms with Crippen molar-refractivity contribution in [3.63, 3.8) is 0 Å². The van der Waals surface area contributed by atoms with Crippen molar-refractivity contribution in [1.82, 2.24) is 0 Å². The normalized spacial score (nSPS) is 37.8. The van der Waals surface area contributed by atoms with E-state index in [0.717, 1.165) is 12.3 Å². The summed E-state index contributed by atoms with van der Waals surface area (Å²) in [7, 11) is 0. The lowest BCUT2D eigenvalue weighted by molar-refractivity contribution is 0.543. The van der Waals surface area contributed by atoms with Gasteiger partial charge >= 0.3 is 0 Å². The number of aliphatic imine (C=N–C) groups is 1. The predicted molar refractivity (Wildman–Crippen MR) is 38.4 cm³/mol. The molecule has 0 amide bonds. The second-order valence-corrected chi connectivity index (χ2v) is 3.24. The van der Waals surface area contributed by atoms with Crippen molar-refractivity contribution in [1.29, 1.82) is 0 Å². The smallest absolute Gasteiger partial charge is 0.0581 e. The quantitative estimate of drug-likeness (QED) is 0.518. The minimum atomic E-state index is -0.0561. The van der Waals surface area contributed by atoms with Gasteiger partial charge in [0.05, 0.1) is 12.1 Å². The first-order valence-electron chi connectivity index (χ1n) is 2.59. The standard InChI is InChI=1S/C5H10N2S/c1-5(6)2-7-4-8-3-5/h4H,2-3,6H2,1H3. The van der Waals surface area contributed by atoms with Gasteiger partial charge in [0.1, 0.15) is 0 Å². The van der Waals surface area contributed by atoms with E-state index in [1.165, 1.54) is 0 Å². The highest BCUT2D eigenvalue weighted by molar-refractivity contribution is 8.12. The Balaban J connectivity index is 2.50. The van der Waals surface area contributed by atoms with Crippen molar-refractivity contribution in [2.45, 2.75) is 12.5 Å². The van der Waals surface area contributed by atoms with Gasteiger partial charge < -0.3 is 5.73 Å². The molecule has 0 spiro atoms. The topological polar surface area (TPSA) is 38.4 Å². The molecule has 1 aliphatic heterocycles. The van der Waals surface area contributed by atoms with Crippen LogP contribution in [0.15, 0.2) is 4.99 Å². The molecule has 1 aliphatic rings. The molecular formula is C5H10N2S. The lowest BCUT2D eigenvalue weighted by Gasteiger charge is -2.23. The largest absolute Gasteiger partial charge is 0.323 e. The minimum Gasteiger partial charge on any atom is -0.323 e. The summed E-state index contributed by atoms with van der Waals surface area (Å²) in [6, 6.07) is 0. The summed E-state index contributed by atoms with van der Waals surface area (Å²) in [5.41, 5.74) is 7.56. The Bertz CT molecular complexity index is 109. The summed E-state index contributed by atoms with van der Waals surface area (Å²) in [4.78, 5) is 4.04. The first-order valence-corrected chi connectivity index (χ1v) is 3.64. The predicted octanol–water partition coefficient (Wildman–Crippen LogP) is 0.479. The van der Waals surface area contributed by atoms with E-state index in [4.69, 9.17) is 5.73 Å². The highest BCUT2D eigenvalue weighted by Crippen LogP contribution is 2.12. The molecule has 0 aromatic heterocycles. The zero-order valence-electron chi connectivity index (χ0n) is 4.92. The van der Waals surface area contributed by atoms with E-state index in [1.54, 1.807) is 11.8 Å². The third kappa shape index (κ3) is 1.49. The Hall–Kier alpha value is -0.0200. The van der Waals surface area contributed by atoms with Gasteiger partial charge in [-0.25, -0.2) is 0 Å². The van der Waals surface area contributed by atoms with Crippen molar-refractivity contribution in [2.24, 2.45) is 10.7 Å². The molecule has 1 heterocycles. The third-order valence-electron chi connectivity index (χ3n) is 1.01. The van der Waals surface area contributed by atoms with Crippen LogP contribution in [0.4, 0.5) is 0 Å². The molecule has 0 saturated carbocycles. The average Bonchev–Trinajstić information content (AvgIpc) is 1.65. The van der Waals surface area contributed by atoms with Crippen LogP contribution >= 0.6 is 11.8 Å². The summed E-state index contributed by atoms with van der Waals surface area (Å²) in [6.07, 6.45) is 0. The fourth-order valence-electron chi connectivity index (χ4n) is 0.572. The average molecular weight is 130 g/mol. The summed E-state index contributed by atoms with van der Waals surface area (Å²) in [5.74, 6) is 0.997. The van der Waals surface area contributed by atoms with Crippen LogP contribution in [-0.4, -0.2) is 23.4 Å². The molecule has 2 N–H and O–H groups in total. The molecule has 0 aliphatic carbocycles. The van der Waals surface area contributed by atoms with E-state index in [1.807, 2.05) is 12.5 Å². The Labute approximate surface area is 53.6 Å². The zero-order chi connectivity index (χ0) is 6.04. The van der Waals surface area contributed by atoms with Gasteiger partial charge in [-0.15, -0.1) is 11.8 Å². The second-order valence-electron chi connectivity index (χ2n) is 2.41. The zero-order valence-corrected chi connectivity index (χ0v) is 5.74. The van der Waals surface area contributed by atoms with Crippen molar-refractivity contribution in [2.75, 3.05) is 12.3 Å². The first kappa shape index (κ1) is 6.11. The molecule has 3 heteroatoms. The molecule has 1 atom stereocenters. The van der Waals surface area contributed by atoms with Crippen molar-refractivity contribution >= 4 is 17.3 Å². The van der Waals surface area contributed by atoms with E-state index in [9.17, 15) is 0 Å². The Kier molecular flexibility index (Phi) is 1.58. The fraction of sp³-hybridized carbons (Fsp3) is 0.800. The molecule has 0 fully saturated rings. The lowest BCUT2D eigenvalue weighted by atomic mass is 10.1. The number of hydrogen-bond acceptors (Lipinski definition) is 3. The van der Waals surface area contributed by atoms with E-state index in [2.05, 4.69) is 4.99 Å². The van der Waals surface area contributed by atoms with Crippen molar-refractivity contribution in [3.8, 4) is 0 Å². The van der Waals surface area contributed by atoms with Gasteiger partial charge in [-0.2, -0.15) is 0 Å². The second kappa shape index (κ2) is 2.07. The van der Waals surface area contributed by atoms with Gasteiger partial charge in [-0.05, 0) is 6.92 Å². The summed E-state index contributed by atoms with van der Waals surface area (Å²) in [6.45, 7) is 2.80. The van der Waals surface area contributed by atoms with Crippen LogP contribution < -0.4 is 5.73 Å². The highest BCUT2D eigenvalue weighted by Gasteiger charge is 2.19. The van der Waals surface area contributed by atoms with Gasteiger partial charge in [0.2, 0.25) is 0 Å². The molecule has 8 heavy (non-hydrogen) atoms. The first-order chi connectivity index (χ1) is 3.71. The van der Waals surface area contributed by atoms with Crippen LogP contribution in [0.3, 0.4) is 0 Å². The molecule has 1 unspecified atom stereocenters. The van der Waals surface area contributed by atoms with Crippen LogP contribution in [0.25, 0.3) is 0 Å². The molecule has 0 bridgehead atoms. The van der Waals surface area contributed by atoms with Gasteiger partial charge in [0.15, 0.2) is 0 Å². The molecule has 46 valence electrons. The molecule has 0 aromatic carbocycles. The molecule has 2 nitrogen and oxygen atoms in total. The molecule has 0 radical (unpaired) electrons. The van der Waals surface area contributed by atoms with E-state index < -0.39 is 0 Å². The van der Waals surface area contributed by atoms with Gasteiger partial charge in [-0.1, -0.05) is 0 Å². The number of hydrogen-bond donors (Lipinski definition) is 1. The van der Waals surface area contributed by atoms with Crippen molar-refractivity contribution < 1.29 is 0 Å². The fourth-order valence-corrected chi connectivity index (χ4v) is 1.30. The lowest BCUT2D eigenvalue weighted by Crippen LogP contribution is -2.43. The maximum atomic E-state index is 5.74. The molecular weight excluding hydrogens is 120 g/mol. The number of rotatable bonds is 0. The Morgan fingerprint density at radius 2 is 2.62 bits per heavy atom. The van der Waals surface area contributed by atoms with Gasteiger partial charge in [0, 0.05) is 11.3 Å².